The Bertz CT molecular complexity index is 1220. The van der Waals surface area contributed by atoms with Crippen molar-refractivity contribution in [3.63, 3.8) is 0 Å². The molecular weight excluding hydrogens is 438 g/mol. The number of rotatable bonds is 1. The van der Waals surface area contributed by atoms with Gasteiger partial charge in [-0.2, -0.15) is 0 Å². The van der Waals surface area contributed by atoms with E-state index in [0.717, 1.165) is 38.2 Å². The van der Waals surface area contributed by atoms with E-state index in [1.165, 1.54) is 11.3 Å². The van der Waals surface area contributed by atoms with Crippen molar-refractivity contribution in [3.05, 3.63) is 79.1 Å². The van der Waals surface area contributed by atoms with Crippen molar-refractivity contribution in [1.29, 1.82) is 0 Å². The average molecular weight is 452 g/mol. The quantitative estimate of drug-likeness (QED) is 0.545. The van der Waals surface area contributed by atoms with Crippen LogP contribution in [-0.4, -0.2) is 17.6 Å². The minimum absolute atomic E-state index is 0.0227. The van der Waals surface area contributed by atoms with E-state index in [1.54, 1.807) is 12.1 Å². The first-order valence-electron chi connectivity index (χ1n) is 8.90. The molecule has 28 heavy (non-hydrogen) atoms. The maximum Gasteiger partial charge on any atom is 0.259 e. The fourth-order valence-corrected chi connectivity index (χ4v) is 5.68. The van der Waals surface area contributed by atoms with Gasteiger partial charge in [0.05, 0.1) is 11.1 Å². The molecular formula is C22H14BrNO3S. The van der Waals surface area contributed by atoms with Crippen LogP contribution in [0, 0.1) is 6.92 Å². The Labute approximate surface area is 173 Å². The van der Waals surface area contributed by atoms with Crippen LogP contribution in [0.5, 0.6) is 0 Å². The van der Waals surface area contributed by atoms with Crippen LogP contribution in [0.25, 0.3) is 10.4 Å². The lowest BCUT2D eigenvalue weighted by atomic mass is 9.94. The lowest BCUT2D eigenvalue weighted by Gasteiger charge is -2.09. The lowest BCUT2D eigenvalue weighted by molar-refractivity contribution is 0.0879. The van der Waals surface area contributed by atoms with Gasteiger partial charge >= 0.3 is 0 Å². The smallest absolute Gasteiger partial charge is 0.259 e. The minimum Gasteiger partial charge on any atom is -0.289 e. The first-order valence-corrected chi connectivity index (χ1v) is 10.5. The summed E-state index contributed by atoms with van der Waals surface area (Å²) in [6.07, 6.45) is 1.57. The Morgan fingerprint density at radius 2 is 1.71 bits per heavy atom. The van der Waals surface area contributed by atoms with Crippen molar-refractivity contribution in [2.24, 2.45) is 0 Å². The van der Waals surface area contributed by atoms with E-state index in [4.69, 9.17) is 0 Å². The van der Waals surface area contributed by atoms with Gasteiger partial charge in [0, 0.05) is 30.9 Å². The van der Waals surface area contributed by atoms with Crippen LogP contribution >= 0.6 is 27.3 Å². The molecule has 0 saturated carbocycles. The number of aryl methyl sites for hydroxylation is 2. The van der Waals surface area contributed by atoms with Crippen LogP contribution in [-0.2, 0) is 12.8 Å². The number of carbonyl (C=O) groups excluding carboxylic acids is 3. The van der Waals surface area contributed by atoms with Crippen molar-refractivity contribution in [2.75, 3.05) is 0 Å². The summed E-state index contributed by atoms with van der Waals surface area (Å²) in [6, 6.07) is 11.1. The topological polar surface area (TPSA) is 63.2 Å². The molecule has 0 radical (unpaired) electrons. The number of halogens is 1. The largest absolute Gasteiger partial charge is 0.289 e. The molecule has 2 heterocycles. The third-order valence-electron chi connectivity index (χ3n) is 5.40. The fraction of sp³-hybridized carbons (Fsp3) is 0.136. The normalized spacial score (nSPS) is 15.0. The monoisotopic (exact) mass is 451 g/mol. The summed E-state index contributed by atoms with van der Waals surface area (Å²) in [6.45, 7) is 2.01. The van der Waals surface area contributed by atoms with Crippen molar-refractivity contribution >= 4 is 44.9 Å². The molecule has 0 saturated heterocycles. The maximum absolute atomic E-state index is 13.6. The predicted octanol–water partition coefficient (Wildman–Crippen LogP) is 4.70. The van der Waals surface area contributed by atoms with Gasteiger partial charge < -0.3 is 0 Å². The second kappa shape index (κ2) is 6.22. The highest BCUT2D eigenvalue weighted by Crippen LogP contribution is 2.43. The number of fused-ring (bicyclic) bond motifs is 3. The van der Waals surface area contributed by atoms with E-state index in [-0.39, 0.29) is 11.7 Å². The molecule has 0 fully saturated rings. The number of imide groups is 1. The number of carbonyl (C=O) groups is 3. The van der Waals surface area contributed by atoms with Gasteiger partial charge in [0.25, 0.3) is 11.8 Å². The number of benzene rings is 2. The number of amides is 2. The van der Waals surface area contributed by atoms with Crippen LogP contribution in [0.4, 0.5) is 0 Å². The van der Waals surface area contributed by atoms with Gasteiger partial charge in [0.1, 0.15) is 0 Å². The summed E-state index contributed by atoms with van der Waals surface area (Å²) in [5.41, 5.74) is 4.82. The molecule has 2 aliphatic rings. The molecule has 2 amide bonds. The highest BCUT2D eigenvalue weighted by atomic mass is 79.9. The Morgan fingerprint density at radius 1 is 0.929 bits per heavy atom. The summed E-state index contributed by atoms with van der Waals surface area (Å²) in [5, 5.41) is 2.36. The van der Waals surface area contributed by atoms with Crippen LogP contribution in [0.3, 0.4) is 0 Å². The van der Waals surface area contributed by atoms with E-state index >= 15 is 0 Å². The summed E-state index contributed by atoms with van der Waals surface area (Å²) in [4.78, 5) is 39.9. The van der Waals surface area contributed by atoms with Crippen LogP contribution < -0.4 is 5.32 Å². The van der Waals surface area contributed by atoms with Crippen molar-refractivity contribution < 1.29 is 14.4 Å². The van der Waals surface area contributed by atoms with Crippen molar-refractivity contribution in [2.45, 2.75) is 19.8 Å². The third kappa shape index (κ3) is 2.45. The third-order valence-corrected chi connectivity index (χ3v) is 7.08. The molecule has 1 aliphatic carbocycles. The Morgan fingerprint density at radius 3 is 2.54 bits per heavy atom. The van der Waals surface area contributed by atoms with E-state index in [9.17, 15) is 14.4 Å². The molecule has 0 spiro atoms. The van der Waals surface area contributed by atoms with Gasteiger partial charge in [-0.05, 0) is 49.1 Å². The standard InChI is InChI=1S/C22H14BrNO3S/c1-10-13-8-6-11-5-7-12(23)9-16(11)19(25)18(13)20(28-10)14-3-2-4-15-17(14)22(27)24-21(15)26/h2-5,7,9H,6,8H2,1H3,(H,24,26,27). The first-order chi connectivity index (χ1) is 13.5. The second-order valence-corrected chi connectivity index (χ2v) is 9.12. The highest BCUT2D eigenvalue weighted by molar-refractivity contribution is 9.10. The van der Waals surface area contributed by atoms with Crippen LogP contribution in [0.1, 0.15) is 52.6 Å². The Balaban J connectivity index is 1.78. The van der Waals surface area contributed by atoms with Gasteiger partial charge in [-0.1, -0.05) is 34.1 Å². The molecule has 5 rings (SSSR count). The molecule has 0 unspecified atom stereocenters. The molecule has 0 atom stereocenters. The summed E-state index contributed by atoms with van der Waals surface area (Å²) in [5.74, 6) is -0.813. The SMILES string of the molecule is Cc1sc(-c2cccc3c2C(=O)NC3=O)c2c1CCc1ccc(Br)cc1C2=O. The molecule has 0 bridgehead atoms. The molecule has 1 aromatic heterocycles. The van der Waals surface area contributed by atoms with E-state index in [2.05, 4.69) is 21.2 Å². The molecule has 138 valence electrons. The van der Waals surface area contributed by atoms with E-state index in [1.807, 2.05) is 31.2 Å². The molecule has 3 aromatic rings. The maximum atomic E-state index is 13.6. The van der Waals surface area contributed by atoms with Gasteiger partial charge in [-0.3, -0.25) is 19.7 Å². The first kappa shape index (κ1) is 17.5. The van der Waals surface area contributed by atoms with Gasteiger partial charge in [-0.25, -0.2) is 0 Å². The average Bonchev–Trinajstić information content (AvgIpc) is 3.11. The molecule has 1 aliphatic heterocycles. The van der Waals surface area contributed by atoms with Crippen molar-refractivity contribution in [1.82, 2.24) is 5.32 Å². The minimum atomic E-state index is -0.403. The number of hydrogen-bond acceptors (Lipinski definition) is 4. The van der Waals surface area contributed by atoms with Gasteiger partial charge in [0.2, 0.25) is 0 Å². The zero-order chi connectivity index (χ0) is 19.6. The van der Waals surface area contributed by atoms with E-state index < -0.39 is 5.91 Å². The Kier molecular flexibility index (Phi) is 3.89. The molecule has 4 nitrogen and oxygen atoms in total. The second-order valence-electron chi connectivity index (χ2n) is 6.98. The molecule has 2 aromatic carbocycles. The zero-order valence-corrected chi connectivity index (χ0v) is 17.3. The van der Waals surface area contributed by atoms with Crippen LogP contribution in [0.2, 0.25) is 0 Å². The fourth-order valence-electron chi connectivity index (χ4n) is 4.09. The van der Waals surface area contributed by atoms with E-state index in [0.29, 0.717) is 27.8 Å². The summed E-state index contributed by atoms with van der Waals surface area (Å²) >= 11 is 4.99. The number of ketones is 1. The number of nitrogens with one attached hydrogen (secondary N) is 1. The lowest BCUT2D eigenvalue weighted by Crippen LogP contribution is -2.20. The van der Waals surface area contributed by atoms with Crippen LogP contribution in [0.15, 0.2) is 40.9 Å². The summed E-state index contributed by atoms with van der Waals surface area (Å²) < 4.78 is 0.863. The van der Waals surface area contributed by atoms with Crippen molar-refractivity contribution in [3.8, 4) is 10.4 Å². The highest BCUT2D eigenvalue weighted by Gasteiger charge is 2.34. The van der Waals surface area contributed by atoms with Gasteiger partial charge in [-0.15, -0.1) is 11.3 Å². The predicted molar refractivity (Wildman–Crippen MR) is 111 cm³/mol. The Hall–Kier alpha value is -2.57. The molecule has 6 heteroatoms. The summed E-state index contributed by atoms with van der Waals surface area (Å²) in [7, 11) is 0. The number of hydrogen-bond donors (Lipinski definition) is 1. The molecule has 1 N–H and O–H groups in total. The number of thiophene rings is 1. The zero-order valence-electron chi connectivity index (χ0n) is 14.9. The van der Waals surface area contributed by atoms with Gasteiger partial charge in [0.15, 0.2) is 5.78 Å².